The molecule has 10 heteroatoms. The third-order valence-electron chi connectivity index (χ3n) is 5.10. The van der Waals surface area contributed by atoms with Gasteiger partial charge < -0.3 is 15.2 Å². The summed E-state index contributed by atoms with van der Waals surface area (Å²) in [5.41, 5.74) is 2.58. The number of fused-ring (bicyclic) bond motifs is 1. The first-order chi connectivity index (χ1) is 15.3. The van der Waals surface area contributed by atoms with Gasteiger partial charge >= 0.3 is 6.18 Å². The van der Waals surface area contributed by atoms with Gasteiger partial charge in [0.25, 0.3) is 0 Å². The van der Waals surface area contributed by atoms with Crippen LogP contribution in [0.25, 0.3) is 16.7 Å². The number of nitrogens with one attached hydrogen (secondary N) is 3. The molecule has 3 heterocycles. The van der Waals surface area contributed by atoms with Crippen LogP contribution in [-0.4, -0.2) is 36.6 Å². The molecule has 0 saturated heterocycles. The highest BCUT2D eigenvalue weighted by molar-refractivity contribution is 6.01. The van der Waals surface area contributed by atoms with E-state index in [1.165, 1.54) is 12.4 Å². The zero-order valence-electron chi connectivity index (χ0n) is 17.3. The topological polar surface area (TPSA) is 92.1 Å². The minimum absolute atomic E-state index is 0.219. The minimum atomic E-state index is -4.52. The summed E-state index contributed by atoms with van der Waals surface area (Å²) < 4.78 is 39.5. The number of anilines is 1. The second kappa shape index (κ2) is 8.36. The van der Waals surface area contributed by atoms with Crippen LogP contribution in [-0.2, 0) is 12.7 Å². The average Bonchev–Trinajstić information content (AvgIpc) is 3.20. The number of pyridine rings is 1. The number of aromatic amines is 1. The van der Waals surface area contributed by atoms with E-state index in [4.69, 9.17) is 0 Å². The molecule has 0 aliphatic carbocycles. The average molecular weight is 439 g/mol. The van der Waals surface area contributed by atoms with Crippen LogP contribution in [0.1, 0.15) is 16.7 Å². The van der Waals surface area contributed by atoms with Crippen molar-refractivity contribution in [2.75, 3.05) is 19.0 Å². The first-order valence-electron chi connectivity index (χ1n) is 9.74. The largest absolute Gasteiger partial charge is 0.417 e. The van der Waals surface area contributed by atoms with Gasteiger partial charge in [-0.3, -0.25) is 10.3 Å². The molecule has 32 heavy (non-hydrogen) atoms. The summed E-state index contributed by atoms with van der Waals surface area (Å²) in [4.78, 5) is 13.0. The number of benzene rings is 1. The van der Waals surface area contributed by atoms with E-state index in [1.54, 1.807) is 0 Å². The third-order valence-corrected chi connectivity index (χ3v) is 5.10. The van der Waals surface area contributed by atoms with Crippen molar-refractivity contribution in [3.05, 3.63) is 65.0 Å². The number of halogens is 3. The Morgan fingerprint density at radius 1 is 1.22 bits per heavy atom. The van der Waals surface area contributed by atoms with Crippen LogP contribution in [0.3, 0.4) is 0 Å². The second-order valence-electron chi connectivity index (χ2n) is 7.49. The highest BCUT2D eigenvalue weighted by Gasteiger charge is 2.32. The maximum Gasteiger partial charge on any atom is 0.417 e. The zero-order chi connectivity index (χ0) is 22.9. The Balaban J connectivity index is 1.57. The molecule has 0 radical (unpaired) electrons. The van der Waals surface area contributed by atoms with Crippen LogP contribution in [0.5, 0.6) is 0 Å². The van der Waals surface area contributed by atoms with Crippen LogP contribution >= 0.6 is 0 Å². The number of aromatic nitrogens is 2. The predicted octanol–water partition coefficient (Wildman–Crippen LogP) is 3.63. The lowest BCUT2D eigenvalue weighted by Gasteiger charge is -2.23. The van der Waals surface area contributed by atoms with Gasteiger partial charge in [-0.1, -0.05) is 12.1 Å². The van der Waals surface area contributed by atoms with Crippen LogP contribution in [0, 0.1) is 11.3 Å². The van der Waals surface area contributed by atoms with Crippen molar-refractivity contribution in [1.82, 2.24) is 20.6 Å². The van der Waals surface area contributed by atoms with Crippen LogP contribution < -0.4 is 15.5 Å². The van der Waals surface area contributed by atoms with Crippen LogP contribution in [0.15, 0.2) is 53.3 Å². The van der Waals surface area contributed by atoms with E-state index in [9.17, 15) is 18.4 Å². The van der Waals surface area contributed by atoms with E-state index >= 15 is 0 Å². The van der Waals surface area contributed by atoms with Gasteiger partial charge in [0.15, 0.2) is 6.29 Å². The molecular formula is C22H20F3N7. The Labute approximate surface area is 182 Å². The highest BCUT2D eigenvalue weighted by atomic mass is 19.4. The maximum absolute atomic E-state index is 13.2. The SMILES string of the molecule is CN(C)c1ccc(CNC2N=CC(C#N)=C(c3c[nH]c4ncc(C(F)(F)F)cc34)N2)cc1. The number of hydrogen-bond donors (Lipinski definition) is 3. The van der Waals surface area contributed by atoms with E-state index in [0.29, 0.717) is 23.5 Å². The molecule has 1 unspecified atom stereocenters. The lowest BCUT2D eigenvalue weighted by atomic mass is 10.1. The Morgan fingerprint density at radius 2 is 1.97 bits per heavy atom. The highest BCUT2D eigenvalue weighted by Crippen LogP contribution is 2.33. The monoisotopic (exact) mass is 439 g/mol. The molecule has 0 fully saturated rings. The Morgan fingerprint density at radius 3 is 2.62 bits per heavy atom. The first kappa shape index (κ1) is 21.4. The first-order valence-corrected chi connectivity index (χ1v) is 9.74. The Bertz CT molecular complexity index is 1230. The summed E-state index contributed by atoms with van der Waals surface area (Å²) in [7, 11) is 3.93. The molecule has 164 valence electrons. The van der Waals surface area contributed by atoms with Crippen molar-refractivity contribution in [3.63, 3.8) is 0 Å². The van der Waals surface area contributed by atoms with Crippen LogP contribution in [0.4, 0.5) is 18.9 Å². The summed E-state index contributed by atoms with van der Waals surface area (Å²) >= 11 is 0. The fourth-order valence-corrected chi connectivity index (χ4v) is 3.37. The Kier molecular flexibility index (Phi) is 5.59. The lowest BCUT2D eigenvalue weighted by Crippen LogP contribution is -2.41. The van der Waals surface area contributed by atoms with Crippen molar-refractivity contribution in [2.45, 2.75) is 19.0 Å². The minimum Gasteiger partial charge on any atom is -0.378 e. The molecule has 4 rings (SSSR count). The van der Waals surface area contributed by atoms with Gasteiger partial charge in [0.2, 0.25) is 0 Å². The normalized spacial score (nSPS) is 16.2. The van der Waals surface area contributed by atoms with Crippen molar-refractivity contribution < 1.29 is 13.2 Å². The molecule has 0 amide bonds. The fraction of sp³-hybridized carbons (Fsp3) is 0.227. The van der Waals surface area contributed by atoms with Gasteiger partial charge in [-0.05, 0) is 23.8 Å². The van der Waals surface area contributed by atoms with E-state index in [-0.39, 0.29) is 11.0 Å². The number of aliphatic imine (C=N–C) groups is 1. The summed E-state index contributed by atoms with van der Waals surface area (Å²) in [6.07, 6.45) is -1.34. The summed E-state index contributed by atoms with van der Waals surface area (Å²) in [6, 6.07) is 11.1. The van der Waals surface area contributed by atoms with Gasteiger partial charge in [-0.2, -0.15) is 18.4 Å². The molecule has 1 atom stereocenters. The molecule has 7 nitrogen and oxygen atoms in total. The zero-order valence-corrected chi connectivity index (χ0v) is 17.3. The number of allylic oxidation sites excluding steroid dienone is 1. The molecule has 3 N–H and O–H groups in total. The number of nitrogens with zero attached hydrogens (tertiary/aromatic N) is 4. The van der Waals surface area contributed by atoms with Crippen molar-refractivity contribution in [1.29, 1.82) is 5.26 Å². The van der Waals surface area contributed by atoms with Crippen molar-refractivity contribution >= 4 is 28.6 Å². The number of hydrogen-bond acceptors (Lipinski definition) is 6. The van der Waals surface area contributed by atoms with Crippen LogP contribution in [0.2, 0.25) is 0 Å². The number of alkyl halides is 3. The van der Waals surface area contributed by atoms with Gasteiger partial charge in [0.05, 0.1) is 16.8 Å². The quantitative estimate of drug-likeness (QED) is 0.565. The van der Waals surface area contributed by atoms with E-state index in [0.717, 1.165) is 23.5 Å². The molecule has 0 bridgehead atoms. The molecule has 0 spiro atoms. The van der Waals surface area contributed by atoms with Gasteiger partial charge in [0.1, 0.15) is 11.7 Å². The second-order valence-corrected chi connectivity index (χ2v) is 7.49. The maximum atomic E-state index is 13.2. The van der Waals surface area contributed by atoms with Crippen molar-refractivity contribution in [3.8, 4) is 6.07 Å². The molecule has 1 aliphatic rings. The van der Waals surface area contributed by atoms with Gasteiger partial charge in [-0.15, -0.1) is 0 Å². The Hall–Kier alpha value is -3.84. The molecule has 1 aliphatic heterocycles. The van der Waals surface area contributed by atoms with E-state index < -0.39 is 18.0 Å². The molecule has 0 saturated carbocycles. The number of nitriles is 1. The van der Waals surface area contributed by atoms with Gasteiger partial charge in [-0.25, -0.2) is 4.98 Å². The summed E-state index contributed by atoms with van der Waals surface area (Å²) in [5.74, 6) is 0. The van der Waals surface area contributed by atoms with Crippen molar-refractivity contribution in [2.24, 2.45) is 4.99 Å². The third kappa shape index (κ3) is 4.29. The molecule has 1 aromatic carbocycles. The standard InChI is InChI=1S/C22H20F3N7/c1-32(2)16-5-3-13(4-6-16)9-29-21-30-10-14(8-26)19(31-21)18-12-28-20-17(18)7-15(11-27-20)22(23,24)25/h3-7,10-12,21,29,31H,9H2,1-2H3,(H,27,28). The van der Waals surface area contributed by atoms with E-state index in [2.05, 4.69) is 25.6 Å². The molecular weight excluding hydrogens is 419 g/mol. The smallest absolute Gasteiger partial charge is 0.378 e. The predicted molar refractivity (Wildman–Crippen MR) is 117 cm³/mol. The lowest BCUT2D eigenvalue weighted by molar-refractivity contribution is -0.137. The number of rotatable bonds is 5. The number of H-pyrrole nitrogens is 1. The molecule has 2 aromatic heterocycles. The fourth-order valence-electron chi connectivity index (χ4n) is 3.37. The van der Waals surface area contributed by atoms with Gasteiger partial charge in [0, 0.05) is 55.9 Å². The summed E-state index contributed by atoms with van der Waals surface area (Å²) in [6.45, 7) is 0.506. The molecule has 3 aromatic rings. The van der Waals surface area contributed by atoms with E-state index in [1.807, 2.05) is 49.3 Å². The summed E-state index contributed by atoms with van der Waals surface area (Å²) in [5, 5.41) is 16.1.